The maximum absolute atomic E-state index is 13.1. The summed E-state index contributed by atoms with van der Waals surface area (Å²) in [6.45, 7) is 2.60. The van der Waals surface area contributed by atoms with Gasteiger partial charge in [0.15, 0.2) is 0 Å². The molecule has 0 aliphatic carbocycles. The minimum Gasteiger partial charge on any atom is -0.359 e. The Kier molecular flexibility index (Phi) is 5.91. The molecule has 8 heteroatoms. The lowest BCUT2D eigenvalue weighted by Gasteiger charge is -2.34. The third-order valence-electron chi connectivity index (χ3n) is 5.72. The quantitative estimate of drug-likeness (QED) is 0.836. The van der Waals surface area contributed by atoms with Gasteiger partial charge in [0.1, 0.15) is 0 Å². The number of likely N-dealkylation sites (tertiary alicyclic amines) is 1. The number of carbonyl (C=O) groups excluding carboxylic acids is 1. The highest BCUT2D eigenvalue weighted by Crippen LogP contribution is 2.38. The molecule has 2 heterocycles. The second kappa shape index (κ2) is 7.84. The van der Waals surface area contributed by atoms with Gasteiger partial charge in [-0.25, -0.2) is 8.42 Å². The van der Waals surface area contributed by atoms with E-state index in [1.54, 1.807) is 25.2 Å². The van der Waals surface area contributed by atoms with Gasteiger partial charge in [0, 0.05) is 25.2 Å². The molecule has 1 aromatic rings. The van der Waals surface area contributed by atoms with Crippen LogP contribution in [0.15, 0.2) is 29.2 Å². The predicted octanol–water partition coefficient (Wildman–Crippen LogP) is 1.66. The first-order valence-corrected chi connectivity index (χ1v) is 10.8. The number of hydrogen-bond acceptors (Lipinski definition) is 4. The van der Waals surface area contributed by atoms with Crippen LogP contribution < -0.4 is 5.32 Å². The number of hydrogen-bond donors (Lipinski definition) is 1. The van der Waals surface area contributed by atoms with Crippen LogP contribution in [0.4, 0.5) is 0 Å². The van der Waals surface area contributed by atoms with Gasteiger partial charge in [0.25, 0.3) is 0 Å². The van der Waals surface area contributed by atoms with Crippen molar-refractivity contribution in [3.63, 3.8) is 0 Å². The van der Waals surface area contributed by atoms with Crippen LogP contribution in [-0.2, 0) is 14.8 Å². The van der Waals surface area contributed by atoms with E-state index in [2.05, 4.69) is 17.3 Å². The van der Waals surface area contributed by atoms with Gasteiger partial charge in [-0.05, 0) is 63.0 Å². The number of nitrogens with zero attached hydrogens (tertiary/aromatic N) is 2. The Hall–Kier alpha value is -1.15. The van der Waals surface area contributed by atoms with Crippen LogP contribution in [0.2, 0.25) is 5.02 Å². The molecule has 0 radical (unpaired) electrons. The zero-order chi connectivity index (χ0) is 18.9. The SMILES string of the molecule is CNC(=O)[C@@H]1CN(S(=O)(=O)c2cccc(Cl)c2)C[C@H]1C1CCN(C)CC1. The zero-order valence-corrected chi connectivity index (χ0v) is 16.8. The molecule has 26 heavy (non-hydrogen) atoms. The molecule has 0 bridgehead atoms. The summed E-state index contributed by atoms with van der Waals surface area (Å²) in [5.74, 6) is 0.0470. The molecule has 2 aliphatic rings. The van der Waals surface area contributed by atoms with Crippen molar-refractivity contribution in [2.24, 2.45) is 17.8 Å². The summed E-state index contributed by atoms with van der Waals surface area (Å²) in [5.41, 5.74) is 0. The van der Waals surface area contributed by atoms with Gasteiger partial charge in [-0.3, -0.25) is 4.79 Å². The van der Waals surface area contributed by atoms with Crippen molar-refractivity contribution in [2.75, 3.05) is 40.3 Å². The van der Waals surface area contributed by atoms with E-state index in [9.17, 15) is 13.2 Å². The lowest BCUT2D eigenvalue weighted by molar-refractivity contribution is -0.125. The van der Waals surface area contributed by atoms with Crippen molar-refractivity contribution >= 4 is 27.5 Å². The van der Waals surface area contributed by atoms with Crippen LogP contribution in [0.5, 0.6) is 0 Å². The van der Waals surface area contributed by atoms with Crippen molar-refractivity contribution in [3.8, 4) is 0 Å². The summed E-state index contributed by atoms with van der Waals surface area (Å²) in [6, 6.07) is 6.31. The summed E-state index contributed by atoms with van der Waals surface area (Å²) < 4.78 is 27.6. The number of rotatable bonds is 4. The molecular formula is C18H26ClN3O3S. The van der Waals surface area contributed by atoms with Gasteiger partial charge in [-0.15, -0.1) is 0 Å². The largest absolute Gasteiger partial charge is 0.359 e. The number of carbonyl (C=O) groups is 1. The molecule has 3 rings (SSSR count). The average Bonchev–Trinajstić information content (AvgIpc) is 3.08. The first-order chi connectivity index (χ1) is 12.3. The van der Waals surface area contributed by atoms with E-state index in [1.807, 2.05) is 0 Å². The third kappa shape index (κ3) is 3.91. The number of sulfonamides is 1. The summed E-state index contributed by atoms with van der Waals surface area (Å²) in [5, 5.41) is 3.10. The number of nitrogens with one attached hydrogen (secondary N) is 1. The van der Waals surface area contributed by atoms with Gasteiger partial charge in [0.05, 0.1) is 10.8 Å². The van der Waals surface area contributed by atoms with Gasteiger partial charge in [-0.2, -0.15) is 4.31 Å². The summed E-state index contributed by atoms with van der Waals surface area (Å²) in [7, 11) is 0.0478. The lowest BCUT2D eigenvalue weighted by Crippen LogP contribution is -2.39. The van der Waals surface area contributed by atoms with Gasteiger partial charge in [-0.1, -0.05) is 17.7 Å². The van der Waals surface area contributed by atoms with Gasteiger partial charge >= 0.3 is 0 Å². The van der Waals surface area contributed by atoms with Crippen molar-refractivity contribution < 1.29 is 13.2 Å². The number of piperidine rings is 1. The van der Waals surface area contributed by atoms with Crippen LogP contribution in [-0.4, -0.2) is 63.8 Å². The van der Waals surface area contributed by atoms with E-state index in [0.717, 1.165) is 25.9 Å². The Labute approximate surface area is 160 Å². The first-order valence-electron chi connectivity index (χ1n) is 8.98. The van der Waals surface area contributed by atoms with Crippen molar-refractivity contribution in [1.82, 2.24) is 14.5 Å². The summed E-state index contributed by atoms with van der Waals surface area (Å²) >= 11 is 5.97. The molecule has 6 nitrogen and oxygen atoms in total. The Morgan fingerprint density at radius 3 is 2.54 bits per heavy atom. The standard InChI is InChI=1S/C18H26ClN3O3S/c1-20-18(23)17-12-22(11-16(17)13-6-8-21(2)9-7-13)26(24,25)15-5-3-4-14(19)10-15/h3-5,10,13,16-17H,6-9,11-12H2,1-2H3,(H,20,23)/t16-,17+/m0/s1. The number of amides is 1. The highest BCUT2D eigenvalue weighted by Gasteiger charge is 2.45. The van der Waals surface area contributed by atoms with Crippen molar-refractivity contribution in [3.05, 3.63) is 29.3 Å². The van der Waals surface area contributed by atoms with E-state index in [1.165, 1.54) is 10.4 Å². The molecule has 2 fully saturated rings. The second-order valence-corrected chi connectivity index (χ2v) is 9.68. The molecule has 2 atom stereocenters. The highest BCUT2D eigenvalue weighted by atomic mass is 35.5. The van der Waals surface area contributed by atoms with Crippen LogP contribution in [0, 0.1) is 17.8 Å². The number of halogens is 1. The van der Waals surface area contributed by atoms with E-state index in [0.29, 0.717) is 17.5 Å². The fraction of sp³-hybridized carbons (Fsp3) is 0.611. The molecule has 0 saturated carbocycles. The fourth-order valence-corrected chi connectivity index (χ4v) is 5.97. The number of benzene rings is 1. The Balaban J connectivity index is 1.85. The fourth-order valence-electron chi connectivity index (χ4n) is 4.16. The Morgan fingerprint density at radius 2 is 1.92 bits per heavy atom. The normalized spacial score (nSPS) is 26.1. The van der Waals surface area contributed by atoms with E-state index < -0.39 is 10.0 Å². The van der Waals surface area contributed by atoms with Crippen LogP contribution in [0.25, 0.3) is 0 Å². The van der Waals surface area contributed by atoms with Crippen molar-refractivity contribution in [2.45, 2.75) is 17.7 Å². The third-order valence-corrected chi connectivity index (χ3v) is 7.78. The summed E-state index contributed by atoms with van der Waals surface area (Å²) in [4.78, 5) is 14.9. The maximum atomic E-state index is 13.1. The average molecular weight is 400 g/mol. The van der Waals surface area contributed by atoms with E-state index >= 15 is 0 Å². The van der Waals surface area contributed by atoms with E-state index in [4.69, 9.17) is 11.6 Å². The maximum Gasteiger partial charge on any atom is 0.243 e. The molecular weight excluding hydrogens is 374 g/mol. The van der Waals surface area contributed by atoms with Crippen molar-refractivity contribution in [1.29, 1.82) is 0 Å². The molecule has 2 saturated heterocycles. The van der Waals surface area contributed by atoms with Crippen LogP contribution >= 0.6 is 11.6 Å². The Bertz CT molecular complexity index is 763. The molecule has 1 aromatic carbocycles. The smallest absolute Gasteiger partial charge is 0.243 e. The predicted molar refractivity (Wildman–Crippen MR) is 101 cm³/mol. The first kappa shape index (κ1) is 19.6. The highest BCUT2D eigenvalue weighted by molar-refractivity contribution is 7.89. The van der Waals surface area contributed by atoms with E-state index in [-0.39, 0.29) is 29.2 Å². The molecule has 0 spiro atoms. The molecule has 2 aliphatic heterocycles. The molecule has 1 N–H and O–H groups in total. The van der Waals surface area contributed by atoms with Crippen LogP contribution in [0.1, 0.15) is 12.8 Å². The summed E-state index contributed by atoms with van der Waals surface area (Å²) in [6.07, 6.45) is 2.00. The van der Waals surface area contributed by atoms with Crippen LogP contribution in [0.3, 0.4) is 0 Å². The monoisotopic (exact) mass is 399 g/mol. The topological polar surface area (TPSA) is 69.7 Å². The van der Waals surface area contributed by atoms with Gasteiger partial charge in [0.2, 0.25) is 15.9 Å². The molecule has 144 valence electrons. The van der Waals surface area contributed by atoms with Gasteiger partial charge < -0.3 is 10.2 Å². The zero-order valence-electron chi connectivity index (χ0n) is 15.2. The molecule has 0 unspecified atom stereocenters. The second-order valence-electron chi connectivity index (χ2n) is 7.30. The Morgan fingerprint density at radius 1 is 1.23 bits per heavy atom. The minimum absolute atomic E-state index is 0.0533. The molecule has 0 aromatic heterocycles. The molecule has 1 amide bonds. The lowest BCUT2D eigenvalue weighted by atomic mass is 9.78. The minimum atomic E-state index is -3.66.